The van der Waals surface area contributed by atoms with Gasteiger partial charge in [0.2, 0.25) is 0 Å². The van der Waals surface area contributed by atoms with E-state index in [0.29, 0.717) is 42.1 Å². The SMILES string of the molecule is C=Cc1cc2c(O)ccc(N3C[C@@H](C)n4c(c(CCCOc5cc(C)c(Cl)c(C)c5)c5ccc(Cl)c(-c6c(C)nn(C)c6C)c54)C3=O)c2n1C. The number of fused-ring (bicyclic) bond motifs is 4. The van der Waals surface area contributed by atoms with Crippen LogP contribution < -0.4 is 9.64 Å². The minimum Gasteiger partial charge on any atom is -0.507 e. The van der Waals surface area contributed by atoms with Crippen LogP contribution in [0, 0.1) is 27.7 Å². The maximum atomic E-state index is 15.0. The van der Waals surface area contributed by atoms with Gasteiger partial charge >= 0.3 is 0 Å². The van der Waals surface area contributed by atoms with Crippen molar-refractivity contribution >= 4 is 62.7 Å². The lowest BCUT2D eigenvalue weighted by Gasteiger charge is -2.35. The van der Waals surface area contributed by atoms with Gasteiger partial charge in [-0.15, -0.1) is 0 Å². The number of rotatable bonds is 8. The van der Waals surface area contributed by atoms with Crippen molar-refractivity contribution in [1.29, 1.82) is 0 Å². The molecule has 4 heterocycles. The van der Waals surface area contributed by atoms with Crippen LogP contribution in [0.15, 0.2) is 49.0 Å². The number of carbonyl (C=O) groups excluding carboxylic acids is 1. The molecule has 0 unspecified atom stereocenters. The summed E-state index contributed by atoms with van der Waals surface area (Å²) in [6, 6.07) is 13.2. The van der Waals surface area contributed by atoms with E-state index >= 15 is 4.79 Å². The molecule has 1 aliphatic rings. The first-order valence-electron chi connectivity index (χ1n) is 16.8. The summed E-state index contributed by atoms with van der Waals surface area (Å²) in [5.41, 5.74) is 10.6. The molecule has 1 aliphatic heterocycles. The Morgan fingerprint density at radius 2 is 1.72 bits per heavy atom. The molecule has 7 rings (SSSR count). The van der Waals surface area contributed by atoms with Gasteiger partial charge in [0.1, 0.15) is 17.2 Å². The van der Waals surface area contributed by atoms with Gasteiger partial charge in [-0.25, -0.2) is 0 Å². The summed E-state index contributed by atoms with van der Waals surface area (Å²) in [6.45, 7) is 15.0. The number of aromatic hydroxyl groups is 1. The van der Waals surface area contributed by atoms with Gasteiger partial charge in [-0.3, -0.25) is 9.48 Å². The molecule has 0 saturated carbocycles. The number of phenolic OH excluding ortho intramolecular Hbond substituents is 1. The van der Waals surface area contributed by atoms with E-state index in [4.69, 9.17) is 33.0 Å². The van der Waals surface area contributed by atoms with Crippen LogP contribution in [0.25, 0.3) is 39.0 Å². The number of phenols is 1. The molecule has 6 aromatic rings. The molecule has 258 valence electrons. The quantitative estimate of drug-likeness (QED) is 0.160. The Bertz CT molecular complexity index is 2360. The molecule has 1 atom stereocenters. The zero-order valence-electron chi connectivity index (χ0n) is 29.5. The van der Waals surface area contributed by atoms with Crippen molar-refractivity contribution < 1.29 is 14.6 Å². The summed E-state index contributed by atoms with van der Waals surface area (Å²) in [5, 5.41) is 18.6. The summed E-state index contributed by atoms with van der Waals surface area (Å²) < 4.78 is 12.3. The predicted molar refractivity (Wildman–Crippen MR) is 204 cm³/mol. The van der Waals surface area contributed by atoms with Crippen molar-refractivity contribution in [3.63, 3.8) is 0 Å². The number of hydrogen-bond donors (Lipinski definition) is 1. The predicted octanol–water partition coefficient (Wildman–Crippen LogP) is 9.66. The number of halogens is 2. The van der Waals surface area contributed by atoms with Crippen molar-refractivity contribution in [2.75, 3.05) is 18.1 Å². The van der Waals surface area contributed by atoms with E-state index < -0.39 is 0 Å². The topological polar surface area (TPSA) is 77.4 Å². The van der Waals surface area contributed by atoms with Crippen LogP contribution in [-0.2, 0) is 20.5 Å². The first kappa shape index (κ1) is 33.8. The van der Waals surface area contributed by atoms with Crippen LogP contribution in [0.4, 0.5) is 5.69 Å². The maximum Gasteiger partial charge on any atom is 0.275 e. The summed E-state index contributed by atoms with van der Waals surface area (Å²) >= 11 is 13.5. The van der Waals surface area contributed by atoms with Gasteiger partial charge in [0.15, 0.2) is 0 Å². The number of aromatic nitrogens is 4. The molecule has 8 nitrogen and oxygen atoms in total. The minimum absolute atomic E-state index is 0.103. The third-order valence-corrected chi connectivity index (χ3v) is 11.2. The largest absolute Gasteiger partial charge is 0.507 e. The summed E-state index contributed by atoms with van der Waals surface area (Å²) in [5.74, 6) is 0.833. The number of anilines is 1. The normalized spacial score (nSPS) is 14.6. The van der Waals surface area contributed by atoms with Crippen molar-refractivity contribution in [2.24, 2.45) is 14.1 Å². The average molecular weight is 711 g/mol. The van der Waals surface area contributed by atoms with E-state index in [1.165, 1.54) is 0 Å². The number of carbonyl (C=O) groups is 1. The Morgan fingerprint density at radius 1 is 1.00 bits per heavy atom. The van der Waals surface area contributed by atoms with Crippen molar-refractivity contribution in [2.45, 2.75) is 53.5 Å². The van der Waals surface area contributed by atoms with Gasteiger partial charge < -0.3 is 23.9 Å². The number of nitrogens with zero attached hydrogens (tertiary/aromatic N) is 5. The summed E-state index contributed by atoms with van der Waals surface area (Å²) in [7, 11) is 3.87. The van der Waals surface area contributed by atoms with Crippen molar-refractivity contribution in [1.82, 2.24) is 18.9 Å². The van der Waals surface area contributed by atoms with Crippen LogP contribution in [0.5, 0.6) is 11.5 Å². The molecule has 0 fully saturated rings. The maximum absolute atomic E-state index is 15.0. The minimum atomic E-state index is -0.104. The van der Waals surface area contributed by atoms with Crippen LogP contribution in [-0.4, -0.2) is 43.1 Å². The fraction of sp³-hybridized carbons (Fsp3) is 0.300. The van der Waals surface area contributed by atoms with Gasteiger partial charge in [0.05, 0.1) is 34.0 Å². The Kier molecular flexibility index (Phi) is 8.51. The molecule has 0 bridgehead atoms. The van der Waals surface area contributed by atoms with Gasteiger partial charge in [-0.2, -0.15) is 5.10 Å². The first-order valence-corrected chi connectivity index (χ1v) is 17.6. The third kappa shape index (κ3) is 5.19. The van der Waals surface area contributed by atoms with E-state index in [2.05, 4.69) is 18.1 Å². The zero-order valence-corrected chi connectivity index (χ0v) is 31.0. The second-order valence-electron chi connectivity index (χ2n) is 13.5. The molecule has 1 N–H and O–H groups in total. The number of aryl methyl sites for hydroxylation is 6. The van der Waals surface area contributed by atoms with E-state index in [1.54, 1.807) is 12.1 Å². The van der Waals surface area contributed by atoms with Gasteiger partial charge in [-0.05, 0) is 107 Å². The molecule has 10 heteroatoms. The zero-order chi connectivity index (χ0) is 35.8. The highest BCUT2D eigenvalue weighted by molar-refractivity contribution is 6.35. The average Bonchev–Trinajstić information content (AvgIpc) is 3.69. The highest BCUT2D eigenvalue weighted by Crippen LogP contribution is 2.46. The standard InChI is InChI=1S/C40H41Cl2N5O3/c1-9-26-19-30-33(48)15-14-32(37(30)44(26)7)46-20-23(4)47-38-29(12-13-31(41)35(38)34-24(5)43-45(8)25(34)6)28(39(47)40(46)49)11-10-16-50-27-17-21(2)36(42)22(3)18-27/h9,12-15,17-19,23,48H,1,10-11,16,20H2,2-8H3/t23-/m1/s1. The van der Waals surface area contributed by atoms with Gasteiger partial charge in [0, 0.05) is 65.0 Å². The third-order valence-electron chi connectivity index (χ3n) is 10.3. The van der Waals surface area contributed by atoms with E-state index in [1.807, 2.05) is 92.3 Å². The lowest BCUT2D eigenvalue weighted by atomic mass is 9.98. The molecular weight excluding hydrogens is 669 g/mol. The highest BCUT2D eigenvalue weighted by Gasteiger charge is 2.37. The second kappa shape index (κ2) is 12.6. The van der Waals surface area contributed by atoms with Gasteiger partial charge in [-0.1, -0.05) is 35.8 Å². The number of amides is 1. The molecule has 0 radical (unpaired) electrons. The smallest absolute Gasteiger partial charge is 0.275 e. The number of ether oxygens (including phenoxy) is 1. The fourth-order valence-corrected chi connectivity index (χ4v) is 8.16. The Labute approximate surface area is 302 Å². The molecule has 0 spiro atoms. The molecule has 0 saturated heterocycles. The van der Waals surface area contributed by atoms with Gasteiger partial charge in [0.25, 0.3) is 5.91 Å². The Hall–Kier alpha value is -4.66. The molecular formula is C40H41Cl2N5O3. The van der Waals surface area contributed by atoms with Crippen molar-refractivity contribution in [3.8, 4) is 22.6 Å². The molecule has 3 aromatic carbocycles. The summed E-state index contributed by atoms with van der Waals surface area (Å²) in [6.07, 6.45) is 3.04. The molecule has 3 aromatic heterocycles. The lowest BCUT2D eigenvalue weighted by molar-refractivity contribution is 0.0957. The first-order chi connectivity index (χ1) is 23.8. The van der Waals surface area contributed by atoms with Crippen LogP contribution in [0.2, 0.25) is 10.0 Å². The monoisotopic (exact) mass is 709 g/mol. The van der Waals surface area contributed by atoms with E-state index in [9.17, 15) is 5.11 Å². The molecule has 0 aliphatic carbocycles. The van der Waals surface area contributed by atoms with Crippen LogP contribution in [0.1, 0.15) is 63.6 Å². The second-order valence-corrected chi connectivity index (χ2v) is 14.3. The lowest BCUT2D eigenvalue weighted by Crippen LogP contribution is -2.43. The molecule has 1 amide bonds. The fourth-order valence-electron chi connectivity index (χ4n) is 7.81. The van der Waals surface area contributed by atoms with Crippen molar-refractivity contribution in [3.05, 3.63) is 98.6 Å². The molecule has 50 heavy (non-hydrogen) atoms. The highest BCUT2D eigenvalue weighted by atomic mass is 35.5. The Balaban J connectivity index is 1.39. The Morgan fingerprint density at radius 3 is 2.38 bits per heavy atom. The van der Waals surface area contributed by atoms with Crippen LogP contribution in [0.3, 0.4) is 0 Å². The number of hydrogen-bond acceptors (Lipinski definition) is 4. The van der Waals surface area contributed by atoms with Crippen LogP contribution >= 0.6 is 23.2 Å². The van der Waals surface area contributed by atoms with E-state index in [0.717, 1.165) is 77.8 Å². The number of benzene rings is 3. The summed E-state index contributed by atoms with van der Waals surface area (Å²) in [4.78, 5) is 16.9. The van der Waals surface area contributed by atoms with E-state index in [-0.39, 0.29) is 17.7 Å².